The summed E-state index contributed by atoms with van der Waals surface area (Å²) >= 11 is 0. The number of pyridine rings is 1. The quantitative estimate of drug-likeness (QED) is 0.362. The van der Waals surface area contributed by atoms with Crippen LogP contribution in [-0.2, 0) is 6.54 Å². The normalized spacial score (nSPS) is 25.1. The molecule has 0 aromatic carbocycles. The third-order valence-corrected chi connectivity index (χ3v) is 6.97. The van der Waals surface area contributed by atoms with Crippen LogP contribution in [0.5, 0.6) is 0 Å². The highest BCUT2D eigenvalue weighted by Crippen LogP contribution is 2.36. The number of anilines is 1. The number of fused-ring (bicyclic) bond motifs is 1. The molecule has 2 atom stereocenters. The van der Waals surface area contributed by atoms with Gasteiger partial charge in [-0.3, -0.25) is 0 Å². The second-order valence-corrected chi connectivity index (χ2v) is 8.83. The second kappa shape index (κ2) is 11.5. The van der Waals surface area contributed by atoms with Gasteiger partial charge in [0.2, 0.25) is 0 Å². The largest absolute Gasteiger partial charge is 0.357 e. The molecule has 6 nitrogen and oxygen atoms in total. The summed E-state index contributed by atoms with van der Waals surface area (Å²) in [4.78, 5) is 17.1. The zero-order valence-electron chi connectivity index (χ0n) is 18.7. The second-order valence-electron chi connectivity index (χ2n) is 8.83. The van der Waals surface area contributed by atoms with E-state index in [1.54, 1.807) is 0 Å². The molecule has 2 aliphatic heterocycles. The van der Waals surface area contributed by atoms with E-state index in [9.17, 15) is 0 Å². The van der Waals surface area contributed by atoms with E-state index in [2.05, 4.69) is 46.0 Å². The van der Waals surface area contributed by atoms with Crippen LogP contribution in [0.25, 0.3) is 0 Å². The van der Waals surface area contributed by atoms with Gasteiger partial charge in [-0.1, -0.05) is 25.8 Å². The number of rotatable bonds is 5. The van der Waals surface area contributed by atoms with Crippen molar-refractivity contribution in [3.05, 3.63) is 23.9 Å². The number of nitrogens with one attached hydrogen (secondary N) is 1. The summed E-state index contributed by atoms with van der Waals surface area (Å²) in [5.41, 5.74) is 1.19. The highest BCUT2D eigenvalue weighted by molar-refractivity contribution is 14.0. The maximum Gasteiger partial charge on any atom is 0.194 e. The molecule has 0 bridgehead atoms. The monoisotopic (exact) mass is 526 g/mol. The Morgan fingerprint density at radius 3 is 2.33 bits per heavy atom. The Bertz CT molecular complexity index is 657. The Morgan fingerprint density at radius 2 is 1.77 bits per heavy atom. The minimum atomic E-state index is 0. The van der Waals surface area contributed by atoms with Gasteiger partial charge in [-0.2, -0.15) is 0 Å². The number of aromatic nitrogens is 1. The van der Waals surface area contributed by atoms with Crippen molar-refractivity contribution in [2.45, 2.75) is 46.1 Å². The van der Waals surface area contributed by atoms with Crippen LogP contribution in [-0.4, -0.2) is 73.1 Å². The van der Waals surface area contributed by atoms with Crippen LogP contribution in [0.4, 0.5) is 5.82 Å². The maximum absolute atomic E-state index is 4.96. The minimum Gasteiger partial charge on any atom is -0.357 e. The Balaban J connectivity index is 0.00000256. The number of halogens is 1. The third kappa shape index (κ3) is 5.78. The molecule has 1 aliphatic carbocycles. The number of likely N-dealkylation sites (tertiary alicyclic amines) is 1. The molecule has 2 saturated heterocycles. The lowest BCUT2D eigenvalue weighted by Gasteiger charge is -2.34. The van der Waals surface area contributed by atoms with Crippen LogP contribution in [0.15, 0.2) is 23.3 Å². The van der Waals surface area contributed by atoms with Crippen molar-refractivity contribution in [2.24, 2.45) is 16.8 Å². The Morgan fingerprint density at radius 1 is 1.07 bits per heavy atom. The van der Waals surface area contributed by atoms with Crippen LogP contribution >= 0.6 is 24.0 Å². The molecule has 1 aromatic heterocycles. The van der Waals surface area contributed by atoms with Gasteiger partial charge in [0.25, 0.3) is 0 Å². The predicted octanol–water partition coefficient (Wildman–Crippen LogP) is 3.43. The van der Waals surface area contributed by atoms with E-state index < -0.39 is 0 Å². The van der Waals surface area contributed by atoms with Crippen LogP contribution in [0.1, 0.15) is 45.1 Å². The lowest BCUT2D eigenvalue weighted by Crippen LogP contribution is -2.46. The average molecular weight is 527 g/mol. The minimum absolute atomic E-state index is 0. The van der Waals surface area contributed by atoms with Gasteiger partial charge >= 0.3 is 0 Å². The van der Waals surface area contributed by atoms with Crippen molar-refractivity contribution in [1.29, 1.82) is 0 Å². The first-order valence-corrected chi connectivity index (χ1v) is 11.7. The van der Waals surface area contributed by atoms with Crippen molar-refractivity contribution >= 4 is 35.8 Å². The topological polar surface area (TPSA) is 47.0 Å². The molecule has 168 valence electrons. The van der Waals surface area contributed by atoms with Crippen LogP contribution in [0, 0.1) is 11.8 Å². The average Bonchev–Trinajstić information content (AvgIpc) is 3.21. The van der Waals surface area contributed by atoms with Gasteiger partial charge in [-0.05, 0) is 49.8 Å². The Hall–Kier alpha value is -1.09. The van der Waals surface area contributed by atoms with Crippen molar-refractivity contribution in [2.75, 3.05) is 57.3 Å². The number of aliphatic imine (C=N–C) groups is 1. The fourth-order valence-electron chi connectivity index (χ4n) is 5.16. The molecule has 3 fully saturated rings. The smallest absolute Gasteiger partial charge is 0.194 e. The molecule has 3 aliphatic rings. The number of nitrogens with zero attached hydrogens (tertiary/aromatic N) is 5. The van der Waals surface area contributed by atoms with E-state index >= 15 is 0 Å². The van der Waals surface area contributed by atoms with Gasteiger partial charge < -0.3 is 20.0 Å². The molecule has 3 heterocycles. The highest BCUT2D eigenvalue weighted by Gasteiger charge is 2.35. The van der Waals surface area contributed by atoms with Gasteiger partial charge in [0.05, 0.1) is 6.54 Å². The zero-order chi connectivity index (χ0) is 20.1. The Labute approximate surface area is 199 Å². The van der Waals surface area contributed by atoms with E-state index in [1.165, 1.54) is 44.3 Å². The van der Waals surface area contributed by atoms with Crippen LogP contribution in [0.3, 0.4) is 0 Å². The van der Waals surface area contributed by atoms with Crippen molar-refractivity contribution in [3.8, 4) is 0 Å². The molecular formula is C23H39IN6. The van der Waals surface area contributed by atoms with Crippen molar-refractivity contribution in [3.63, 3.8) is 0 Å². The van der Waals surface area contributed by atoms with E-state index in [0.717, 1.165) is 62.9 Å². The fraction of sp³-hybridized carbons (Fsp3) is 0.739. The summed E-state index contributed by atoms with van der Waals surface area (Å²) in [5, 5.41) is 3.52. The molecule has 1 aromatic rings. The molecule has 30 heavy (non-hydrogen) atoms. The maximum atomic E-state index is 4.96. The first-order valence-electron chi connectivity index (χ1n) is 11.7. The number of piperazine rings is 1. The first kappa shape index (κ1) is 23.6. The fourth-order valence-corrected chi connectivity index (χ4v) is 5.16. The van der Waals surface area contributed by atoms with E-state index in [-0.39, 0.29) is 24.0 Å². The van der Waals surface area contributed by atoms with Gasteiger partial charge in [-0.25, -0.2) is 9.98 Å². The first-order chi connectivity index (χ1) is 14.3. The molecule has 0 amide bonds. The molecule has 7 heteroatoms. The standard InChI is InChI=1S/C23H38N6.HI/c1-3-24-23(29-17-20-7-5-6-8-21(20)18-29)26-16-19-9-10-22(25-15-19)28-13-11-27(4-2)12-14-28;/h9-10,15,20-21H,3-8,11-14,16-18H2,1-2H3,(H,24,26);1H. The van der Waals surface area contributed by atoms with E-state index in [0.29, 0.717) is 6.54 Å². The molecule has 1 N–H and O–H groups in total. The summed E-state index contributed by atoms with van der Waals surface area (Å²) in [6.07, 6.45) is 7.64. The molecule has 0 radical (unpaired) electrons. The van der Waals surface area contributed by atoms with Gasteiger partial charge in [0, 0.05) is 52.0 Å². The lowest BCUT2D eigenvalue weighted by molar-refractivity contribution is 0.270. The summed E-state index contributed by atoms with van der Waals surface area (Å²) in [7, 11) is 0. The summed E-state index contributed by atoms with van der Waals surface area (Å²) in [6.45, 7) is 13.9. The highest BCUT2D eigenvalue weighted by atomic mass is 127. The number of hydrogen-bond donors (Lipinski definition) is 1. The number of guanidine groups is 1. The van der Waals surface area contributed by atoms with Crippen LogP contribution in [0.2, 0.25) is 0 Å². The van der Waals surface area contributed by atoms with E-state index in [1.807, 2.05) is 6.20 Å². The molecule has 4 rings (SSSR count). The molecule has 0 spiro atoms. The zero-order valence-corrected chi connectivity index (χ0v) is 21.1. The van der Waals surface area contributed by atoms with Crippen LogP contribution < -0.4 is 10.2 Å². The predicted molar refractivity (Wildman–Crippen MR) is 136 cm³/mol. The molecule has 2 unspecified atom stereocenters. The molecular weight excluding hydrogens is 487 g/mol. The summed E-state index contributed by atoms with van der Waals surface area (Å²) in [5.74, 6) is 3.94. The van der Waals surface area contributed by atoms with Gasteiger partial charge in [0.1, 0.15) is 5.82 Å². The number of likely N-dealkylation sites (N-methyl/N-ethyl adjacent to an activating group) is 1. The van der Waals surface area contributed by atoms with E-state index in [4.69, 9.17) is 9.98 Å². The summed E-state index contributed by atoms with van der Waals surface area (Å²) < 4.78 is 0. The van der Waals surface area contributed by atoms with Gasteiger partial charge in [0.15, 0.2) is 5.96 Å². The van der Waals surface area contributed by atoms with Crippen molar-refractivity contribution < 1.29 is 0 Å². The SMILES string of the molecule is CCNC(=NCc1ccc(N2CCN(CC)CC2)nc1)N1CC2CCCCC2C1.I. The number of hydrogen-bond acceptors (Lipinski definition) is 4. The Kier molecular flexibility index (Phi) is 9.04. The lowest BCUT2D eigenvalue weighted by atomic mass is 9.82. The molecule has 1 saturated carbocycles. The van der Waals surface area contributed by atoms with Gasteiger partial charge in [-0.15, -0.1) is 24.0 Å². The third-order valence-electron chi connectivity index (χ3n) is 6.97. The van der Waals surface area contributed by atoms with Crippen molar-refractivity contribution in [1.82, 2.24) is 20.1 Å². The summed E-state index contributed by atoms with van der Waals surface area (Å²) in [6, 6.07) is 4.37.